The van der Waals surface area contributed by atoms with Crippen LogP contribution in [0.1, 0.15) is 11.5 Å². The predicted molar refractivity (Wildman–Crippen MR) is 87.6 cm³/mol. The van der Waals surface area contributed by atoms with E-state index >= 15 is 0 Å². The van der Waals surface area contributed by atoms with Crippen LogP contribution in [0.5, 0.6) is 0 Å². The van der Waals surface area contributed by atoms with Crippen molar-refractivity contribution in [2.45, 2.75) is 21.6 Å². The summed E-state index contributed by atoms with van der Waals surface area (Å²) >= 11 is 5.89. The second kappa shape index (κ2) is 5.35. The van der Waals surface area contributed by atoms with Crippen LogP contribution in [-0.2, 0) is 9.84 Å². The van der Waals surface area contributed by atoms with Crippen molar-refractivity contribution in [3.8, 4) is 0 Å². The molecule has 4 nitrogen and oxygen atoms in total. The summed E-state index contributed by atoms with van der Waals surface area (Å²) in [5.41, 5.74) is 12.0. The molecule has 1 aliphatic carbocycles. The first-order valence-electron chi connectivity index (χ1n) is 6.94. The van der Waals surface area contributed by atoms with Crippen LogP contribution in [0, 0.1) is 0 Å². The van der Waals surface area contributed by atoms with Gasteiger partial charge in [-0.1, -0.05) is 41.9 Å². The first kappa shape index (κ1) is 15.5. The monoisotopic (exact) mass is 336 g/mol. The van der Waals surface area contributed by atoms with Gasteiger partial charge in [0.2, 0.25) is 0 Å². The molecule has 1 aliphatic rings. The van der Waals surface area contributed by atoms with Gasteiger partial charge in [0, 0.05) is 17.5 Å². The Kier molecular flexibility index (Phi) is 3.77. The van der Waals surface area contributed by atoms with Crippen LogP contribution in [0.15, 0.2) is 59.5 Å². The van der Waals surface area contributed by atoms with E-state index in [2.05, 4.69) is 0 Å². The third-order valence-electron chi connectivity index (χ3n) is 4.29. The predicted octanol–water partition coefficient (Wildman–Crippen LogP) is 1.94. The quantitative estimate of drug-likeness (QED) is 0.893. The molecule has 0 spiro atoms. The lowest BCUT2D eigenvalue weighted by Gasteiger charge is -2.08. The highest BCUT2D eigenvalue weighted by molar-refractivity contribution is 7.92. The second-order valence-electron chi connectivity index (χ2n) is 5.62. The Morgan fingerprint density at radius 1 is 1.05 bits per heavy atom. The van der Waals surface area contributed by atoms with Gasteiger partial charge >= 0.3 is 0 Å². The highest BCUT2D eigenvalue weighted by Crippen LogP contribution is 2.55. The lowest BCUT2D eigenvalue weighted by atomic mass is 10.1. The molecule has 0 aromatic heterocycles. The van der Waals surface area contributed by atoms with Gasteiger partial charge < -0.3 is 11.5 Å². The molecule has 3 rings (SSSR count). The average Bonchev–Trinajstić information content (AvgIpc) is 3.17. The van der Waals surface area contributed by atoms with Gasteiger partial charge in [-0.15, -0.1) is 0 Å². The zero-order valence-corrected chi connectivity index (χ0v) is 13.4. The zero-order valence-electron chi connectivity index (χ0n) is 11.8. The molecule has 1 fully saturated rings. The number of hydrogen-bond acceptors (Lipinski definition) is 4. The van der Waals surface area contributed by atoms with Gasteiger partial charge in [-0.05, 0) is 29.8 Å². The van der Waals surface area contributed by atoms with Crippen molar-refractivity contribution < 1.29 is 8.42 Å². The molecule has 0 unspecified atom stereocenters. The zero-order chi connectivity index (χ0) is 16.0. The molecular formula is C16H17ClN2O2S. The normalized spacial score (nSPS) is 27.6. The smallest absolute Gasteiger partial charge is 0.183 e. The summed E-state index contributed by atoms with van der Waals surface area (Å²) in [6, 6.07) is 15.4. The first-order chi connectivity index (χ1) is 10.4. The van der Waals surface area contributed by atoms with Crippen molar-refractivity contribution in [1.29, 1.82) is 0 Å². The van der Waals surface area contributed by atoms with E-state index in [0.717, 1.165) is 5.56 Å². The van der Waals surface area contributed by atoms with Crippen molar-refractivity contribution in [3.05, 3.63) is 65.2 Å². The van der Waals surface area contributed by atoms with Gasteiger partial charge in [0.25, 0.3) is 0 Å². The second-order valence-corrected chi connectivity index (χ2v) is 8.13. The van der Waals surface area contributed by atoms with Crippen LogP contribution >= 0.6 is 11.6 Å². The minimum Gasteiger partial charge on any atom is -0.329 e. The Balaban J connectivity index is 2.02. The SMILES string of the molecule is NC[C@@]1(N)[C@H](c2ccc(Cl)cc2)[C@@H]1S(=O)(=O)c1ccccc1. The lowest BCUT2D eigenvalue weighted by Crippen LogP contribution is -2.39. The van der Waals surface area contributed by atoms with E-state index in [9.17, 15) is 8.42 Å². The van der Waals surface area contributed by atoms with Crippen LogP contribution in [0.3, 0.4) is 0 Å². The Bertz CT molecular complexity index is 778. The summed E-state index contributed by atoms with van der Waals surface area (Å²) < 4.78 is 25.7. The third-order valence-corrected chi connectivity index (χ3v) is 6.85. The summed E-state index contributed by atoms with van der Waals surface area (Å²) in [7, 11) is -3.53. The molecule has 4 N–H and O–H groups in total. The van der Waals surface area contributed by atoms with E-state index in [1.807, 2.05) is 12.1 Å². The fraction of sp³-hybridized carbons (Fsp3) is 0.250. The van der Waals surface area contributed by atoms with Gasteiger partial charge in [0.1, 0.15) is 0 Å². The molecule has 0 bridgehead atoms. The average molecular weight is 337 g/mol. The summed E-state index contributed by atoms with van der Waals surface area (Å²) in [6.45, 7) is 0.108. The minimum atomic E-state index is -3.53. The van der Waals surface area contributed by atoms with Crippen molar-refractivity contribution in [2.24, 2.45) is 11.5 Å². The van der Waals surface area contributed by atoms with Crippen molar-refractivity contribution in [1.82, 2.24) is 0 Å². The van der Waals surface area contributed by atoms with Gasteiger partial charge in [-0.3, -0.25) is 0 Å². The van der Waals surface area contributed by atoms with Crippen molar-refractivity contribution in [3.63, 3.8) is 0 Å². The van der Waals surface area contributed by atoms with Gasteiger partial charge in [0.15, 0.2) is 9.84 Å². The van der Waals surface area contributed by atoms with E-state index in [1.165, 1.54) is 0 Å². The number of nitrogens with two attached hydrogens (primary N) is 2. The molecule has 2 aromatic rings. The number of benzene rings is 2. The van der Waals surface area contributed by atoms with Gasteiger partial charge in [-0.25, -0.2) is 8.42 Å². The molecule has 2 aromatic carbocycles. The standard InChI is InChI=1S/C16H17ClN2O2S/c17-12-8-6-11(7-9-12)14-15(16(14,19)10-18)22(20,21)13-4-2-1-3-5-13/h1-9,14-15H,10,18-19H2/t14-,15+,16-/m1/s1. The van der Waals surface area contributed by atoms with Gasteiger partial charge in [-0.2, -0.15) is 0 Å². The molecule has 22 heavy (non-hydrogen) atoms. The van der Waals surface area contributed by atoms with Crippen LogP contribution in [0.25, 0.3) is 0 Å². The van der Waals surface area contributed by atoms with Crippen LogP contribution in [-0.4, -0.2) is 25.8 Å². The molecular weight excluding hydrogens is 320 g/mol. The fourth-order valence-electron chi connectivity index (χ4n) is 3.05. The van der Waals surface area contributed by atoms with Crippen molar-refractivity contribution in [2.75, 3.05) is 6.54 Å². The molecule has 0 radical (unpaired) electrons. The summed E-state index contributed by atoms with van der Waals surface area (Å²) in [5.74, 6) is -0.319. The fourth-order valence-corrected chi connectivity index (χ4v) is 5.51. The Labute approximate surface area is 135 Å². The van der Waals surface area contributed by atoms with Crippen LogP contribution in [0.4, 0.5) is 0 Å². The van der Waals surface area contributed by atoms with E-state index in [4.69, 9.17) is 23.1 Å². The van der Waals surface area contributed by atoms with E-state index in [1.54, 1.807) is 42.5 Å². The summed E-state index contributed by atoms with van der Waals surface area (Å²) in [5, 5.41) is -0.115. The van der Waals surface area contributed by atoms with Gasteiger partial charge in [0.05, 0.1) is 15.7 Å². The highest BCUT2D eigenvalue weighted by atomic mass is 35.5. The number of hydrogen-bond donors (Lipinski definition) is 2. The maximum Gasteiger partial charge on any atom is 0.183 e. The molecule has 0 saturated heterocycles. The number of rotatable bonds is 4. The number of halogens is 1. The lowest BCUT2D eigenvalue weighted by molar-refractivity contribution is 0.586. The van der Waals surface area contributed by atoms with Crippen LogP contribution < -0.4 is 11.5 Å². The van der Waals surface area contributed by atoms with E-state index < -0.39 is 20.6 Å². The molecule has 116 valence electrons. The maximum absolute atomic E-state index is 12.9. The highest BCUT2D eigenvalue weighted by Gasteiger charge is 2.68. The first-order valence-corrected chi connectivity index (χ1v) is 8.87. The van der Waals surface area contributed by atoms with Crippen LogP contribution in [0.2, 0.25) is 5.02 Å². The minimum absolute atomic E-state index is 0.108. The molecule has 6 heteroatoms. The largest absolute Gasteiger partial charge is 0.329 e. The molecule has 3 atom stereocenters. The third kappa shape index (κ3) is 2.34. The van der Waals surface area contributed by atoms with E-state index in [-0.39, 0.29) is 17.4 Å². The number of sulfone groups is 1. The molecule has 0 amide bonds. The molecule has 0 aliphatic heterocycles. The maximum atomic E-state index is 12.9. The van der Waals surface area contributed by atoms with Crippen molar-refractivity contribution >= 4 is 21.4 Å². The molecule has 1 saturated carbocycles. The Hall–Kier alpha value is -1.40. The van der Waals surface area contributed by atoms with E-state index in [0.29, 0.717) is 5.02 Å². The Morgan fingerprint density at radius 3 is 2.18 bits per heavy atom. The molecule has 0 heterocycles. The summed E-state index contributed by atoms with van der Waals surface area (Å²) in [6.07, 6.45) is 0. The topological polar surface area (TPSA) is 86.2 Å². The Morgan fingerprint density at radius 2 is 1.64 bits per heavy atom. The summed E-state index contributed by atoms with van der Waals surface area (Å²) in [4.78, 5) is 0.278.